The molecule has 0 N–H and O–H groups in total. The normalized spacial score (nSPS) is 22.6. The van der Waals surface area contributed by atoms with Gasteiger partial charge in [-0.25, -0.2) is 4.98 Å². The maximum Gasteiger partial charge on any atom is 0.252 e. The Labute approximate surface area is 130 Å². The molecule has 106 valence electrons. The van der Waals surface area contributed by atoms with E-state index in [1.165, 1.54) is 0 Å². The van der Waals surface area contributed by atoms with E-state index in [0.717, 1.165) is 30.2 Å². The fourth-order valence-electron chi connectivity index (χ4n) is 3.17. The zero-order chi connectivity index (χ0) is 14.4. The summed E-state index contributed by atoms with van der Waals surface area (Å²) in [6, 6.07) is 1.86. The van der Waals surface area contributed by atoms with E-state index < -0.39 is 0 Å². The van der Waals surface area contributed by atoms with Crippen molar-refractivity contribution >= 4 is 38.6 Å². The number of rotatable bonds is 1. The Balaban J connectivity index is 2.39. The van der Waals surface area contributed by atoms with Crippen molar-refractivity contribution < 1.29 is 0 Å². The lowest BCUT2D eigenvalue weighted by Gasteiger charge is -2.21. The van der Waals surface area contributed by atoms with Gasteiger partial charge in [0.2, 0.25) is 5.28 Å². The van der Waals surface area contributed by atoms with E-state index in [-0.39, 0.29) is 16.9 Å². The van der Waals surface area contributed by atoms with Gasteiger partial charge in [-0.15, -0.1) is 0 Å². The Bertz CT molecular complexity index is 743. The van der Waals surface area contributed by atoms with Gasteiger partial charge >= 0.3 is 0 Å². The van der Waals surface area contributed by atoms with Crippen molar-refractivity contribution in [3.05, 3.63) is 31.9 Å². The molecule has 20 heavy (non-hydrogen) atoms. The number of hydrogen-bond donors (Lipinski definition) is 0. The van der Waals surface area contributed by atoms with E-state index in [1.54, 1.807) is 10.6 Å². The van der Waals surface area contributed by atoms with E-state index in [0.29, 0.717) is 16.2 Å². The van der Waals surface area contributed by atoms with E-state index in [1.807, 2.05) is 6.92 Å². The molecule has 6 heteroatoms. The van der Waals surface area contributed by atoms with Crippen LogP contribution in [0.15, 0.2) is 15.5 Å². The molecule has 0 aliphatic heterocycles. The van der Waals surface area contributed by atoms with Crippen molar-refractivity contribution in [3.8, 4) is 0 Å². The molecule has 4 nitrogen and oxygen atoms in total. The second kappa shape index (κ2) is 5.11. The molecule has 0 aromatic carbocycles. The van der Waals surface area contributed by atoms with Crippen molar-refractivity contribution in [2.24, 2.45) is 5.92 Å². The lowest BCUT2D eigenvalue weighted by Crippen LogP contribution is -2.27. The second-order valence-electron chi connectivity index (χ2n) is 5.49. The Hall–Kier alpha value is -0.940. The highest BCUT2D eigenvalue weighted by Crippen LogP contribution is 2.36. The summed E-state index contributed by atoms with van der Waals surface area (Å²) in [4.78, 5) is 20.9. The molecular weight excluding hydrogens is 342 g/mol. The highest BCUT2D eigenvalue weighted by atomic mass is 79.9. The van der Waals surface area contributed by atoms with Crippen LogP contribution in [0.25, 0.3) is 11.0 Å². The van der Waals surface area contributed by atoms with Gasteiger partial charge in [-0.2, -0.15) is 4.98 Å². The van der Waals surface area contributed by atoms with Gasteiger partial charge in [0, 0.05) is 12.1 Å². The molecule has 2 heterocycles. The summed E-state index contributed by atoms with van der Waals surface area (Å²) in [5.41, 5.74) is 1.51. The Morgan fingerprint density at radius 1 is 1.40 bits per heavy atom. The number of hydrogen-bond acceptors (Lipinski definition) is 3. The molecule has 0 unspecified atom stereocenters. The second-order valence-corrected chi connectivity index (χ2v) is 6.58. The predicted octanol–water partition coefficient (Wildman–Crippen LogP) is 3.88. The van der Waals surface area contributed by atoms with Crippen LogP contribution in [-0.2, 0) is 0 Å². The van der Waals surface area contributed by atoms with Crippen molar-refractivity contribution in [3.63, 3.8) is 0 Å². The standard InChI is InChI=1S/C14H15BrClN3O/c1-7-4-3-5-9(7)19-10(20)6-8(2)11-12(15)17-14(16)18-13(11)19/h6-7,9H,3-5H2,1-2H3/t7-,9+/m0/s1. The van der Waals surface area contributed by atoms with Gasteiger partial charge in [0.15, 0.2) is 0 Å². The molecule has 3 rings (SSSR count). The predicted molar refractivity (Wildman–Crippen MR) is 83.3 cm³/mol. The third kappa shape index (κ3) is 2.17. The molecule has 2 atom stereocenters. The Morgan fingerprint density at radius 2 is 2.15 bits per heavy atom. The Morgan fingerprint density at radius 3 is 2.80 bits per heavy atom. The van der Waals surface area contributed by atoms with Crippen LogP contribution in [0.5, 0.6) is 0 Å². The zero-order valence-electron chi connectivity index (χ0n) is 11.4. The fourth-order valence-corrected chi connectivity index (χ4v) is 4.10. The van der Waals surface area contributed by atoms with E-state index >= 15 is 0 Å². The van der Waals surface area contributed by atoms with E-state index in [2.05, 4.69) is 32.8 Å². The molecule has 1 saturated carbocycles. The maximum absolute atomic E-state index is 12.5. The minimum atomic E-state index is -0.00424. The largest absolute Gasteiger partial charge is 0.289 e. The van der Waals surface area contributed by atoms with E-state index in [4.69, 9.17) is 11.6 Å². The summed E-state index contributed by atoms with van der Waals surface area (Å²) in [5, 5.41) is 1.03. The maximum atomic E-state index is 12.5. The summed E-state index contributed by atoms with van der Waals surface area (Å²) in [7, 11) is 0. The molecule has 0 amide bonds. The minimum Gasteiger partial charge on any atom is -0.289 e. The van der Waals surface area contributed by atoms with Crippen LogP contribution in [0.2, 0.25) is 5.28 Å². The lowest BCUT2D eigenvalue weighted by molar-refractivity contribution is 0.406. The molecule has 2 aromatic rings. The SMILES string of the molecule is Cc1cc(=O)n([C@@H]2CCC[C@@H]2C)c2nc(Cl)nc(Br)c12. The molecule has 1 aliphatic rings. The quantitative estimate of drug-likeness (QED) is 0.575. The molecule has 0 bridgehead atoms. The number of nitrogens with zero attached hydrogens (tertiary/aromatic N) is 3. The van der Waals surface area contributed by atoms with Crippen LogP contribution < -0.4 is 5.56 Å². The van der Waals surface area contributed by atoms with Gasteiger partial charge in [0.1, 0.15) is 10.3 Å². The van der Waals surface area contributed by atoms with Crippen LogP contribution >= 0.6 is 27.5 Å². The summed E-state index contributed by atoms with van der Waals surface area (Å²) >= 11 is 9.41. The minimum absolute atomic E-state index is 0.00424. The van der Waals surface area contributed by atoms with Crippen LogP contribution in [0.1, 0.15) is 37.8 Å². The monoisotopic (exact) mass is 355 g/mol. The van der Waals surface area contributed by atoms with Crippen molar-refractivity contribution in [2.75, 3.05) is 0 Å². The lowest BCUT2D eigenvalue weighted by atomic mass is 10.1. The molecule has 0 radical (unpaired) electrons. The molecule has 0 spiro atoms. The highest BCUT2D eigenvalue weighted by molar-refractivity contribution is 9.10. The summed E-state index contributed by atoms with van der Waals surface area (Å²) in [6.07, 6.45) is 3.30. The topological polar surface area (TPSA) is 47.8 Å². The molecule has 1 fully saturated rings. The Kier molecular flexibility index (Phi) is 3.58. The molecule has 1 aliphatic carbocycles. The van der Waals surface area contributed by atoms with Gasteiger partial charge in [0.05, 0.1) is 5.39 Å². The van der Waals surface area contributed by atoms with E-state index in [9.17, 15) is 4.79 Å². The first-order valence-corrected chi connectivity index (χ1v) is 7.91. The number of aromatic nitrogens is 3. The zero-order valence-corrected chi connectivity index (χ0v) is 13.7. The third-order valence-corrected chi connectivity index (χ3v) is 4.91. The fraction of sp³-hybridized carbons (Fsp3) is 0.500. The highest BCUT2D eigenvalue weighted by Gasteiger charge is 2.28. The first-order valence-electron chi connectivity index (χ1n) is 6.74. The number of pyridine rings is 1. The van der Waals surface area contributed by atoms with Gasteiger partial charge < -0.3 is 0 Å². The van der Waals surface area contributed by atoms with Gasteiger partial charge in [0.25, 0.3) is 5.56 Å². The number of halogens is 2. The van der Waals surface area contributed by atoms with Crippen molar-refractivity contribution in [1.82, 2.24) is 14.5 Å². The van der Waals surface area contributed by atoms with Crippen LogP contribution in [0, 0.1) is 12.8 Å². The average molecular weight is 357 g/mol. The van der Waals surface area contributed by atoms with Crippen molar-refractivity contribution in [2.45, 2.75) is 39.2 Å². The summed E-state index contributed by atoms with van der Waals surface area (Å²) in [6.45, 7) is 4.09. The first kappa shape index (κ1) is 14.0. The number of aryl methyl sites for hydroxylation is 1. The van der Waals surface area contributed by atoms with Gasteiger partial charge in [-0.3, -0.25) is 9.36 Å². The summed E-state index contributed by atoms with van der Waals surface area (Å²) in [5.74, 6) is 0.478. The van der Waals surface area contributed by atoms with Gasteiger partial charge in [-0.1, -0.05) is 13.3 Å². The smallest absolute Gasteiger partial charge is 0.252 e. The molecular formula is C14H15BrClN3O. The third-order valence-electron chi connectivity index (χ3n) is 4.17. The summed E-state index contributed by atoms with van der Waals surface area (Å²) < 4.78 is 2.45. The van der Waals surface area contributed by atoms with Crippen LogP contribution in [-0.4, -0.2) is 14.5 Å². The van der Waals surface area contributed by atoms with Gasteiger partial charge in [-0.05, 0) is 58.8 Å². The first-order chi connectivity index (χ1) is 9.49. The van der Waals surface area contributed by atoms with Crippen molar-refractivity contribution in [1.29, 1.82) is 0 Å². The average Bonchev–Trinajstić information content (AvgIpc) is 2.74. The number of fused-ring (bicyclic) bond motifs is 1. The molecule has 0 saturated heterocycles. The van der Waals surface area contributed by atoms with Crippen LogP contribution in [0.3, 0.4) is 0 Å². The molecule has 2 aromatic heterocycles. The van der Waals surface area contributed by atoms with Crippen LogP contribution in [0.4, 0.5) is 0 Å².